The molecule has 0 unspecified atom stereocenters. The average Bonchev–Trinajstić information content (AvgIpc) is 1.77. The largest absolute Gasteiger partial charge is 0.412 e. The smallest absolute Gasteiger partial charge is 0.0592 e. The van der Waals surface area contributed by atoms with E-state index in [0.29, 0.717) is 10.0 Å². The zero-order chi connectivity index (χ0) is 5.98. The SMILES string of the molecule is Clc1ccccc1Cl.O. The molecule has 0 radical (unpaired) electrons. The van der Waals surface area contributed by atoms with E-state index in [4.69, 9.17) is 23.2 Å². The molecular formula is C6H6Cl2O. The Hall–Kier alpha value is -0.240. The lowest BCUT2D eigenvalue weighted by Gasteiger charge is -1.88. The third-order valence-electron chi connectivity index (χ3n) is 0.824. The van der Waals surface area contributed by atoms with Crippen LogP contribution in [0.5, 0.6) is 0 Å². The van der Waals surface area contributed by atoms with Gasteiger partial charge in [0.25, 0.3) is 0 Å². The first-order valence-corrected chi connectivity index (χ1v) is 2.96. The molecule has 0 bridgehead atoms. The molecule has 0 aliphatic rings. The molecule has 0 aliphatic carbocycles. The van der Waals surface area contributed by atoms with Crippen molar-refractivity contribution in [2.24, 2.45) is 0 Å². The van der Waals surface area contributed by atoms with Crippen LogP contribution in [0.3, 0.4) is 0 Å². The number of halogens is 2. The van der Waals surface area contributed by atoms with Gasteiger partial charge in [-0.15, -0.1) is 0 Å². The molecule has 1 aromatic rings. The minimum atomic E-state index is 0. The van der Waals surface area contributed by atoms with E-state index in [-0.39, 0.29) is 5.48 Å². The van der Waals surface area contributed by atoms with E-state index < -0.39 is 0 Å². The van der Waals surface area contributed by atoms with Crippen molar-refractivity contribution in [1.29, 1.82) is 0 Å². The first-order chi connectivity index (χ1) is 3.80. The number of rotatable bonds is 0. The highest BCUT2D eigenvalue weighted by atomic mass is 35.5. The molecule has 50 valence electrons. The zero-order valence-electron chi connectivity index (χ0n) is 4.57. The Morgan fingerprint density at radius 1 is 0.889 bits per heavy atom. The molecule has 2 N–H and O–H groups in total. The molecule has 3 heteroatoms. The molecule has 1 rings (SSSR count). The summed E-state index contributed by atoms with van der Waals surface area (Å²) >= 11 is 11.2. The maximum absolute atomic E-state index is 5.58. The lowest BCUT2D eigenvalue weighted by molar-refractivity contribution is 0.824. The van der Waals surface area contributed by atoms with Gasteiger partial charge in [-0.3, -0.25) is 0 Å². The lowest BCUT2D eigenvalue weighted by Crippen LogP contribution is -1.62. The maximum atomic E-state index is 5.58. The third-order valence-corrected chi connectivity index (χ3v) is 1.58. The Labute approximate surface area is 63.5 Å². The van der Waals surface area contributed by atoms with Gasteiger partial charge in [-0.1, -0.05) is 35.3 Å². The third kappa shape index (κ3) is 2.22. The van der Waals surface area contributed by atoms with Crippen LogP contribution in [-0.4, -0.2) is 5.48 Å². The van der Waals surface area contributed by atoms with Crippen LogP contribution in [0.1, 0.15) is 0 Å². The summed E-state index contributed by atoms with van der Waals surface area (Å²) in [6, 6.07) is 7.19. The molecule has 1 aromatic carbocycles. The van der Waals surface area contributed by atoms with Gasteiger partial charge in [0.1, 0.15) is 0 Å². The molecule has 0 fully saturated rings. The molecular weight excluding hydrogens is 159 g/mol. The van der Waals surface area contributed by atoms with E-state index in [1.165, 1.54) is 0 Å². The second-order valence-electron chi connectivity index (χ2n) is 1.41. The van der Waals surface area contributed by atoms with Crippen LogP contribution < -0.4 is 0 Å². The molecule has 0 aromatic heterocycles. The van der Waals surface area contributed by atoms with E-state index in [2.05, 4.69) is 0 Å². The minimum Gasteiger partial charge on any atom is -0.412 e. The van der Waals surface area contributed by atoms with E-state index in [1.807, 2.05) is 12.1 Å². The summed E-state index contributed by atoms with van der Waals surface area (Å²) in [6.45, 7) is 0. The second-order valence-corrected chi connectivity index (χ2v) is 2.23. The number of hydrogen-bond acceptors (Lipinski definition) is 0. The van der Waals surface area contributed by atoms with Crippen molar-refractivity contribution in [2.45, 2.75) is 0 Å². The molecule has 0 atom stereocenters. The van der Waals surface area contributed by atoms with E-state index in [1.54, 1.807) is 12.1 Å². The Morgan fingerprint density at radius 2 is 1.22 bits per heavy atom. The van der Waals surface area contributed by atoms with Gasteiger partial charge < -0.3 is 5.48 Å². The normalized spacial score (nSPS) is 8.22. The fourth-order valence-electron chi connectivity index (χ4n) is 0.439. The molecule has 0 amide bonds. The van der Waals surface area contributed by atoms with E-state index >= 15 is 0 Å². The second kappa shape index (κ2) is 3.72. The van der Waals surface area contributed by atoms with E-state index in [9.17, 15) is 0 Å². The quantitative estimate of drug-likeness (QED) is 0.564. The van der Waals surface area contributed by atoms with Gasteiger partial charge in [-0.05, 0) is 12.1 Å². The molecule has 9 heavy (non-hydrogen) atoms. The van der Waals surface area contributed by atoms with Crippen molar-refractivity contribution in [3.05, 3.63) is 34.3 Å². The lowest BCUT2D eigenvalue weighted by atomic mass is 10.4. The van der Waals surface area contributed by atoms with Gasteiger partial charge in [-0.25, -0.2) is 0 Å². The van der Waals surface area contributed by atoms with Crippen molar-refractivity contribution < 1.29 is 5.48 Å². The van der Waals surface area contributed by atoms with Gasteiger partial charge in [0.05, 0.1) is 10.0 Å². The van der Waals surface area contributed by atoms with Crippen molar-refractivity contribution in [1.82, 2.24) is 0 Å². The standard InChI is InChI=1S/C6H4Cl2.H2O/c7-5-3-1-2-4-6(5)8;/h1-4H;1H2. The number of benzene rings is 1. The van der Waals surface area contributed by atoms with Crippen LogP contribution in [0.4, 0.5) is 0 Å². The summed E-state index contributed by atoms with van der Waals surface area (Å²) in [5.41, 5.74) is 0. The Morgan fingerprint density at radius 3 is 1.44 bits per heavy atom. The first kappa shape index (κ1) is 8.76. The zero-order valence-corrected chi connectivity index (χ0v) is 6.08. The summed E-state index contributed by atoms with van der Waals surface area (Å²) < 4.78 is 0. The highest BCUT2D eigenvalue weighted by Gasteiger charge is 1.89. The molecule has 0 heterocycles. The summed E-state index contributed by atoms with van der Waals surface area (Å²) in [6.07, 6.45) is 0. The van der Waals surface area contributed by atoms with Gasteiger partial charge in [0.15, 0.2) is 0 Å². The van der Waals surface area contributed by atoms with Gasteiger partial charge in [-0.2, -0.15) is 0 Å². The predicted molar refractivity (Wildman–Crippen MR) is 40.1 cm³/mol. The van der Waals surface area contributed by atoms with Crippen LogP contribution in [0, 0.1) is 0 Å². The van der Waals surface area contributed by atoms with Crippen LogP contribution in [0.2, 0.25) is 10.0 Å². The fraction of sp³-hybridized carbons (Fsp3) is 0. The van der Waals surface area contributed by atoms with Crippen LogP contribution in [0.25, 0.3) is 0 Å². The summed E-state index contributed by atoms with van der Waals surface area (Å²) in [5, 5.41) is 1.21. The number of hydrogen-bond donors (Lipinski definition) is 0. The highest BCUT2D eigenvalue weighted by molar-refractivity contribution is 6.41. The monoisotopic (exact) mass is 164 g/mol. The first-order valence-electron chi connectivity index (χ1n) is 2.21. The summed E-state index contributed by atoms with van der Waals surface area (Å²) in [5.74, 6) is 0. The molecule has 0 saturated carbocycles. The van der Waals surface area contributed by atoms with Gasteiger partial charge in [0, 0.05) is 0 Å². The molecule has 0 spiro atoms. The van der Waals surface area contributed by atoms with Crippen molar-refractivity contribution >= 4 is 23.2 Å². The van der Waals surface area contributed by atoms with Crippen molar-refractivity contribution in [2.75, 3.05) is 0 Å². The summed E-state index contributed by atoms with van der Waals surface area (Å²) in [4.78, 5) is 0. The Kier molecular flexibility index (Phi) is 3.62. The summed E-state index contributed by atoms with van der Waals surface area (Å²) in [7, 11) is 0. The Bertz CT molecular complexity index is 167. The highest BCUT2D eigenvalue weighted by Crippen LogP contribution is 2.19. The van der Waals surface area contributed by atoms with Crippen molar-refractivity contribution in [3.8, 4) is 0 Å². The van der Waals surface area contributed by atoms with Gasteiger partial charge in [0.2, 0.25) is 0 Å². The van der Waals surface area contributed by atoms with Crippen molar-refractivity contribution in [3.63, 3.8) is 0 Å². The Balaban J connectivity index is 0.000000640. The van der Waals surface area contributed by atoms with Crippen LogP contribution in [-0.2, 0) is 0 Å². The predicted octanol–water partition coefficient (Wildman–Crippen LogP) is 2.17. The molecule has 0 aliphatic heterocycles. The van der Waals surface area contributed by atoms with E-state index in [0.717, 1.165) is 0 Å². The van der Waals surface area contributed by atoms with Crippen LogP contribution >= 0.6 is 23.2 Å². The molecule has 0 saturated heterocycles. The topological polar surface area (TPSA) is 31.5 Å². The minimum absolute atomic E-state index is 0. The van der Waals surface area contributed by atoms with Crippen LogP contribution in [0.15, 0.2) is 24.3 Å². The maximum Gasteiger partial charge on any atom is 0.0592 e. The average molecular weight is 165 g/mol. The van der Waals surface area contributed by atoms with Gasteiger partial charge >= 0.3 is 0 Å². The fourth-order valence-corrected chi connectivity index (χ4v) is 0.711. The molecule has 1 nitrogen and oxygen atoms in total.